The first-order valence-electron chi connectivity index (χ1n) is 7.42. The number of hydrogen-bond acceptors (Lipinski definition) is 3. The maximum absolute atomic E-state index is 12.0. The Bertz CT molecular complexity index is 278. The van der Waals surface area contributed by atoms with Crippen molar-refractivity contribution >= 4 is 5.91 Å². The van der Waals surface area contributed by atoms with E-state index < -0.39 is 0 Å². The lowest BCUT2D eigenvalue weighted by Crippen LogP contribution is -2.49. The van der Waals surface area contributed by atoms with Crippen LogP contribution in [0.4, 0.5) is 0 Å². The van der Waals surface area contributed by atoms with Crippen LogP contribution in [0.15, 0.2) is 0 Å². The second-order valence-corrected chi connectivity index (χ2v) is 5.81. The van der Waals surface area contributed by atoms with Crippen molar-refractivity contribution in [1.82, 2.24) is 15.5 Å². The van der Waals surface area contributed by atoms with Gasteiger partial charge < -0.3 is 15.5 Å². The first kappa shape index (κ1) is 13.8. The van der Waals surface area contributed by atoms with Crippen LogP contribution in [0.5, 0.6) is 0 Å². The topological polar surface area (TPSA) is 44.4 Å². The fourth-order valence-electron chi connectivity index (χ4n) is 2.74. The van der Waals surface area contributed by atoms with Gasteiger partial charge in [-0.3, -0.25) is 4.79 Å². The van der Waals surface area contributed by atoms with Crippen molar-refractivity contribution in [2.45, 2.75) is 51.1 Å². The summed E-state index contributed by atoms with van der Waals surface area (Å²) in [6, 6.07) is 0.814. The van der Waals surface area contributed by atoms with Crippen LogP contribution in [-0.4, -0.2) is 49.6 Å². The molecule has 1 aliphatic carbocycles. The molecule has 4 heteroatoms. The van der Waals surface area contributed by atoms with Gasteiger partial charge in [-0.25, -0.2) is 0 Å². The fraction of sp³-hybridized carbons (Fsp3) is 0.929. The van der Waals surface area contributed by atoms with Crippen LogP contribution < -0.4 is 10.6 Å². The summed E-state index contributed by atoms with van der Waals surface area (Å²) in [7, 11) is 2.15. The zero-order valence-corrected chi connectivity index (χ0v) is 11.7. The summed E-state index contributed by atoms with van der Waals surface area (Å²) in [5, 5.41) is 6.40. The Labute approximate surface area is 110 Å². The zero-order chi connectivity index (χ0) is 13.0. The van der Waals surface area contributed by atoms with Crippen molar-refractivity contribution in [3.8, 4) is 0 Å². The molecule has 0 radical (unpaired) electrons. The van der Waals surface area contributed by atoms with Gasteiger partial charge in [-0.05, 0) is 45.2 Å². The minimum Gasteiger partial charge on any atom is -0.353 e. The number of nitrogens with zero attached hydrogens (tertiary/aromatic N) is 1. The molecule has 0 aromatic rings. The highest BCUT2D eigenvalue weighted by Gasteiger charge is 2.27. The molecule has 2 aliphatic rings. The van der Waals surface area contributed by atoms with E-state index in [4.69, 9.17) is 0 Å². The minimum atomic E-state index is 0.0370. The number of carbonyl (C=O) groups excluding carboxylic acids is 1. The van der Waals surface area contributed by atoms with Crippen molar-refractivity contribution in [1.29, 1.82) is 0 Å². The lowest BCUT2D eigenvalue weighted by Gasteiger charge is -2.29. The standard InChI is InChI=1S/C14H27N3O/c1-3-11-6-7-15-13(10-11)14(18)16-8-9-17(2)12-4-5-12/h11-13,15H,3-10H2,1-2H3,(H,16,18). The number of likely N-dealkylation sites (N-methyl/N-ethyl adjacent to an activating group) is 1. The maximum Gasteiger partial charge on any atom is 0.237 e. The molecule has 2 N–H and O–H groups in total. The summed E-state index contributed by atoms with van der Waals surface area (Å²) in [6.45, 7) is 4.95. The molecule has 1 heterocycles. The Balaban J connectivity index is 1.63. The van der Waals surface area contributed by atoms with E-state index in [1.165, 1.54) is 25.7 Å². The van der Waals surface area contributed by atoms with Gasteiger partial charge in [-0.2, -0.15) is 0 Å². The van der Waals surface area contributed by atoms with Crippen molar-refractivity contribution in [3.05, 3.63) is 0 Å². The van der Waals surface area contributed by atoms with Gasteiger partial charge >= 0.3 is 0 Å². The molecule has 0 spiro atoms. The van der Waals surface area contributed by atoms with Crippen LogP contribution in [0, 0.1) is 5.92 Å². The maximum atomic E-state index is 12.0. The number of carbonyl (C=O) groups is 1. The SMILES string of the molecule is CCC1CCNC(C(=O)NCCN(C)C2CC2)C1. The van der Waals surface area contributed by atoms with Crippen molar-refractivity contribution < 1.29 is 4.79 Å². The summed E-state index contributed by atoms with van der Waals surface area (Å²) >= 11 is 0. The average molecular weight is 253 g/mol. The van der Waals surface area contributed by atoms with E-state index in [-0.39, 0.29) is 11.9 Å². The van der Waals surface area contributed by atoms with Crippen LogP contribution in [0.3, 0.4) is 0 Å². The average Bonchev–Trinajstić information content (AvgIpc) is 3.23. The van der Waals surface area contributed by atoms with Crippen LogP contribution in [0.2, 0.25) is 0 Å². The summed E-state index contributed by atoms with van der Waals surface area (Å²) in [6.07, 6.45) is 6.06. The molecule has 18 heavy (non-hydrogen) atoms. The molecule has 2 rings (SSSR count). The molecule has 2 fully saturated rings. The summed E-state index contributed by atoms with van der Waals surface area (Å²) in [4.78, 5) is 14.4. The predicted octanol–water partition coefficient (Wildman–Crippen LogP) is 0.975. The normalized spacial score (nSPS) is 28.4. The van der Waals surface area contributed by atoms with Crippen LogP contribution in [0.1, 0.15) is 39.0 Å². The van der Waals surface area contributed by atoms with Crippen molar-refractivity contribution in [3.63, 3.8) is 0 Å². The minimum absolute atomic E-state index is 0.0370. The quantitative estimate of drug-likeness (QED) is 0.741. The van der Waals surface area contributed by atoms with Crippen LogP contribution in [0.25, 0.3) is 0 Å². The Morgan fingerprint density at radius 3 is 2.83 bits per heavy atom. The van der Waals surface area contributed by atoms with Crippen molar-refractivity contribution in [2.75, 3.05) is 26.7 Å². The molecule has 104 valence electrons. The first-order valence-corrected chi connectivity index (χ1v) is 7.42. The van der Waals surface area contributed by atoms with E-state index in [0.717, 1.165) is 38.0 Å². The molecule has 4 nitrogen and oxygen atoms in total. The van der Waals surface area contributed by atoms with E-state index in [1.807, 2.05) is 0 Å². The molecule has 2 atom stereocenters. The number of hydrogen-bond donors (Lipinski definition) is 2. The Kier molecular flexibility index (Phi) is 5.01. The van der Waals surface area contributed by atoms with Crippen LogP contribution in [-0.2, 0) is 4.79 Å². The summed E-state index contributed by atoms with van der Waals surface area (Å²) in [5.74, 6) is 0.911. The molecular weight excluding hydrogens is 226 g/mol. The van der Waals surface area contributed by atoms with Gasteiger partial charge in [-0.15, -0.1) is 0 Å². The molecule has 1 saturated carbocycles. The number of nitrogens with one attached hydrogen (secondary N) is 2. The van der Waals surface area contributed by atoms with Gasteiger partial charge in [0, 0.05) is 19.1 Å². The highest BCUT2D eigenvalue weighted by molar-refractivity contribution is 5.81. The van der Waals surface area contributed by atoms with E-state index in [2.05, 4.69) is 29.5 Å². The predicted molar refractivity (Wildman–Crippen MR) is 73.5 cm³/mol. The monoisotopic (exact) mass is 253 g/mol. The molecule has 0 aromatic carbocycles. The number of piperidine rings is 1. The second-order valence-electron chi connectivity index (χ2n) is 5.81. The van der Waals surface area contributed by atoms with Gasteiger partial charge in [0.15, 0.2) is 0 Å². The third-order valence-electron chi connectivity index (χ3n) is 4.34. The van der Waals surface area contributed by atoms with Gasteiger partial charge in [0.25, 0.3) is 0 Å². The molecule has 0 aromatic heterocycles. The van der Waals surface area contributed by atoms with Gasteiger partial charge in [0.05, 0.1) is 6.04 Å². The molecular formula is C14H27N3O. The number of rotatable bonds is 6. The molecule has 2 unspecified atom stereocenters. The Morgan fingerprint density at radius 1 is 1.39 bits per heavy atom. The largest absolute Gasteiger partial charge is 0.353 e. The fourth-order valence-corrected chi connectivity index (χ4v) is 2.74. The third kappa shape index (κ3) is 3.95. The molecule has 0 bridgehead atoms. The van der Waals surface area contributed by atoms with E-state index in [9.17, 15) is 4.79 Å². The van der Waals surface area contributed by atoms with Gasteiger partial charge in [0.1, 0.15) is 0 Å². The Morgan fingerprint density at radius 2 is 2.17 bits per heavy atom. The highest BCUT2D eigenvalue weighted by atomic mass is 16.2. The third-order valence-corrected chi connectivity index (χ3v) is 4.34. The first-order chi connectivity index (χ1) is 8.70. The highest BCUT2D eigenvalue weighted by Crippen LogP contribution is 2.24. The molecule has 1 amide bonds. The molecule has 1 aliphatic heterocycles. The lowest BCUT2D eigenvalue weighted by molar-refractivity contribution is -0.124. The van der Waals surface area contributed by atoms with E-state index in [0.29, 0.717) is 0 Å². The van der Waals surface area contributed by atoms with Gasteiger partial charge in [0.2, 0.25) is 5.91 Å². The van der Waals surface area contributed by atoms with Gasteiger partial charge in [-0.1, -0.05) is 13.3 Å². The summed E-state index contributed by atoms with van der Waals surface area (Å²) < 4.78 is 0. The van der Waals surface area contributed by atoms with Crippen LogP contribution >= 0.6 is 0 Å². The lowest BCUT2D eigenvalue weighted by atomic mass is 9.90. The van der Waals surface area contributed by atoms with Crippen molar-refractivity contribution in [2.24, 2.45) is 5.92 Å². The molecule has 1 saturated heterocycles. The van der Waals surface area contributed by atoms with E-state index >= 15 is 0 Å². The smallest absolute Gasteiger partial charge is 0.237 e. The number of amides is 1. The van der Waals surface area contributed by atoms with E-state index in [1.54, 1.807) is 0 Å². The second kappa shape index (κ2) is 6.53. The summed E-state index contributed by atoms with van der Waals surface area (Å²) in [5.41, 5.74) is 0. The zero-order valence-electron chi connectivity index (χ0n) is 11.7. The Hall–Kier alpha value is -0.610.